The molecule has 1 saturated carbocycles. The van der Waals surface area contributed by atoms with Gasteiger partial charge in [0.1, 0.15) is 0 Å². The van der Waals surface area contributed by atoms with E-state index in [4.69, 9.17) is 4.74 Å². The second kappa shape index (κ2) is 8.02. The third-order valence-corrected chi connectivity index (χ3v) is 6.93. The van der Waals surface area contributed by atoms with E-state index in [-0.39, 0.29) is 52.3 Å². The molecule has 0 N–H and O–H groups in total. The van der Waals surface area contributed by atoms with E-state index in [0.717, 1.165) is 23.0 Å². The van der Waals surface area contributed by atoms with Crippen LogP contribution < -0.4 is 4.90 Å². The Hall–Kier alpha value is -4.14. The van der Waals surface area contributed by atoms with Crippen LogP contribution >= 0.6 is 0 Å². The number of rotatable bonds is 6. The highest BCUT2D eigenvalue weighted by Crippen LogP contribution is 2.55. The minimum atomic E-state index is -0.808. The molecular formula is C25H20N2O7. The maximum absolute atomic E-state index is 13.1. The molecule has 1 heterocycles. The summed E-state index contributed by atoms with van der Waals surface area (Å²) in [6.45, 7) is 1.39. The van der Waals surface area contributed by atoms with Crippen LogP contribution in [0.1, 0.15) is 34.1 Å². The van der Waals surface area contributed by atoms with E-state index < -0.39 is 23.3 Å². The minimum absolute atomic E-state index is 0.0501. The van der Waals surface area contributed by atoms with E-state index in [2.05, 4.69) is 6.08 Å². The smallest absolute Gasteiger partial charge is 0.338 e. The van der Waals surface area contributed by atoms with Crippen LogP contribution in [0.15, 0.2) is 60.2 Å². The number of nitro groups is 1. The number of ketones is 1. The third-order valence-electron chi connectivity index (χ3n) is 6.93. The lowest BCUT2D eigenvalue weighted by molar-refractivity contribution is -0.384. The van der Waals surface area contributed by atoms with Gasteiger partial charge >= 0.3 is 5.97 Å². The molecule has 2 aliphatic carbocycles. The fourth-order valence-corrected chi connectivity index (χ4v) is 5.39. The van der Waals surface area contributed by atoms with E-state index in [1.807, 2.05) is 6.92 Å². The van der Waals surface area contributed by atoms with Gasteiger partial charge in [-0.3, -0.25) is 24.5 Å². The molecule has 1 aliphatic heterocycles. The Bertz CT molecular complexity index is 1300. The Morgan fingerprint density at radius 2 is 1.76 bits per heavy atom. The van der Waals surface area contributed by atoms with Gasteiger partial charge in [0.25, 0.3) is 5.69 Å². The van der Waals surface area contributed by atoms with Crippen molar-refractivity contribution in [2.45, 2.75) is 13.3 Å². The summed E-state index contributed by atoms with van der Waals surface area (Å²) >= 11 is 0. The molecule has 0 radical (unpaired) electrons. The van der Waals surface area contributed by atoms with E-state index >= 15 is 0 Å². The van der Waals surface area contributed by atoms with Crippen LogP contribution in [-0.4, -0.2) is 35.1 Å². The third kappa shape index (κ3) is 3.40. The topological polar surface area (TPSA) is 124 Å². The number of imide groups is 1. The highest BCUT2D eigenvalue weighted by atomic mass is 16.6. The fourth-order valence-electron chi connectivity index (χ4n) is 5.39. The quantitative estimate of drug-likeness (QED) is 0.162. The van der Waals surface area contributed by atoms with Gasteiger partial charge in [0.15, 0.2) is 6.61 Å². The van der Waals surface area contributed by atoms with Crippen LogP contribution in [0.25, 0.3) is 0 Å². The summed E-state index contributed by atoms with van der Waals surface area (Å²) in [4.78, 5) is 62.5. The molecule has 3 aliphatic rings. The van der Waals surface area contributed by atoms with Gasteiger partial charge in [-0.2, -0.15) is 0 Å². The first-order chi connectivity index (χ1) is 16.3. The molecule has 172 valence electrons. The zero-order chi connectivity index (χ0) is 24.1. The minimum Gasteiger partial charge on any atom is -0.454 e. The molecule has 0 spiro atoms. The van der Waals surface area contributed by atoms with Crippen molar-refractivity contribution in [3.8, 4) is 0 Å². The number of allylic oxidation sites excluding steroid dienone is 2. The van der Waals surface area contributed by atoms with Crippen LogP contribution in [0.5, 0.6) is 0 Å². The summed E-state index contributed by atoms with van der Waals surface area (Å²) in [6.07, 6.45) is 2.92. The van der Waals surface area contributed by atoms with Crippen LogP contribution in [0.4, 0.5) is 11.4 Å². The molecule has 5 rings (SSSR count). The number of amides is 2. The molecule has 2 aromatic carbocycles. The standard InChI is InChI=1S/C25H20N2O7/c1-13-8-16-11-19(13)22-21(16)23(29)26(24(22)30)17-6-3-5-15(10-17)25(31)34-12-20(28)14-4-2-7-18(9-14)27(32)33/h2-10,16,19,21-22H,11-12H2,1H3/t16-,19+,21-,22-/m0/s1. The van der Waals surface area contributed by atoms with Gasteiger partial charge in [-0.15, -0.1) is 0 Å². The number of benzene rings is 2. The number of fused-ring (bicyclic) bond motifs is 5. The number of esters is 1. The number of nitro benzene ring substituents is 1. The van der Waals surface area contributed by atoms with Crippen molar-refractivity contribution in [2.75, 3.05) is 11.5 Å². The first-order valence-electron chi connectivity index (χ1n) is 10.9. The van der Waals surface area contributed by atoms with Gasteiger partial charge in [0.05, 0.1) is 28.0 Å². The molecule has 2 amide bonds. The number of anilines is 1. The Labute approximate surface area is 194 Å². The van der Waals surface area contributed by atoms with Crippen molar-refractivity contribution < 1.29 is 28.8 Å². The summed E-state index contributed by atoms with van der Waals surface area (Å²) in [6, 6.07) is 11.1. The molecule has 9 nitrogen and oxygen atoms in total. The van der Waals surface area contributed by atoms with E-state index in [0.29, 0.717) is 5.69 Å². The van der Waals surface area contributed by atoms with E-state index in [1.165, 1.54) is 30.3 Å². The second-order valence-electron chi connectivity index (χ2n) is 8.84. The lowest BCUT2D eigenvalue weighted by Crippen LogP contribution is -2.33. The maximum atomic E-state index is 13.1. The van der Waals surface area contributed by atoms with Crippen molar-refractivity contribution in [1.29, 1.82) is 0 Å². The fraction of sp³-hybridized carbons (Fsp3) is 0.280. The summed E-state index contributed by atoms with van der Waals surface area (Å²) in [5.41, 5.74) is 1.34. The van der Waals surface area contributed by atoms with Gasteiger partial charge in [-0.25, -0.2) is 9.69 Å². The van der Waals surface area contributed by atoms with Crippen LogP contribution in [0.3, 0.4) is 0 Å². The van der Waals surface area contributed by atoms with E-state index in [1.54, 1.807) is 12.1 Å². The molecule has 1 saturated heterocycles. The number of Topliss-reactive ketones (excluding diaryl/α,β-unsaturated/α-hetero) is 1. The average molecular weight is 460 g/mol. The number of non-ortho nitro benzene ring substituents is 1. The predicted octanol–water partition coefficient (Wildman–Crippen LogP) is 3.34. The van der Waals surface area contributed by atoms with Crippen molar-refractivity contribution >= 4 is 34.9 Å². The van der Waals surface area contributed by atoms with Gasteiger partial charge in [0.2, 0.25) is 17.6 Å². The maximum Gasteiger partial charge on any atom is 0.338 e. The summed E-state index contributed by atoms with van der Waals surface area (Å²) in [5.74, 6) is -2.45. The van der Waals surface area contributed by atoms with Crippen LogP contribution in [0, 0.1) is 33.8 Å². The predicted molar refractivity (Wildman–Crippen MR) is 119 cm³/mol. The number of carbonyl (C=O) groups excluding carboxylic acids is 4. The van der Waals surface area contributed by atoms with Crippen LogP contribution in [0.2, 0.25) is 0 Å². The first-order valence-corrected chi connectivity index (χ1v) is 10.9. The highest BCUT2D eigenvalue weighted by Gasteiger charge is 2.60. The SMILES string of the molecule is CC1=C[C@H]2C[C@H]1[C@@H]1C(=O)N(c3cccc(C(=O)OCC(=O)c4cccc([N+](=O)[O-])c4)c3)C(=O)[C@H]12. The Morgan fingerprint density at radius 3 is 2.53 bits per heavy atom. The van der Waals surface area contributed by atoms with Crippen molar-refractivity contribution in [2.24, 2.45) is 23.7 Å². The average Bonchev–Trinajstić information content (AvgIpc) is 3.47. The molecule has 34 heavy (non-hydrogen) atoms. The Morgan fingerprint density at radius 1 is 1.06 bits per heavy atom. The first kappa shape index (κ1) is 21.7. The van der Waals surface area contributed by atoms with Gasteiger partial charge in [0, 0.05) is 17.7 Å². The second-order valence-corrected chi connectivity index (χ2v) is 8.84. The number of ether oxygens (including phenoxy) is 1. The monoisotopic (exact) mass is 460 g/mol. The molecule has 4 atom stereocenters. The Kier molecular flexibility index (Phi) is 5.11. The number of hydrogen-bond acceptors (Lipinski definition) is 7. The molecule has 0 aromatic heterocycles. The summed E-state index contributed by atoms with van der Waals surface area (Å²) in [7, 11) is 0. The summed E-state index contributed by atoms with van der Waals surface area (Å²) < 4.78 is 5.09. The number of hydrogen-bond donors (Lipinski definition) is 0. The normalized spacial score (nSPS) is 24.7. The summed E-state index contributed by atoms with van der Waals surface area (Å²) in [5, 5.41) is 10.9. The zero-order valence-electron chi connectivity index (χ0n) is 18.2. The molecule has 0 unspecified atom stereocenters. The van der Waals surface area contributed by atoms with Crippen molar-refractivity contribution in [1.82, 2.24) is 0 Å². The number of nitrogens with zero attached hydrogens (tertiary/aromatic N) is 2. The largest absolute Gasteiger partial charge is 0.454 e. The number of carbonyl (C=O) groups is 4. The lowest BCUT2D eigenvalue weighted by Gasteiger charge is -2.19. The molecule has 9 heteroatoms. The Balaban J connectivity index is 1.29. The van der Waals surface area contributed by atoms with Crippen LogP contribution in [-0.2, 0) is 14.3 Å². The zero-order valence-corrected chi connectivity index (χ0v) is 18.2. The molecule has 2 bridgehead atoms. The van der Waals surface area contributed by atoms with E-state index in [9.17, 15) is 29.3 Å². The van der Waals surface area contributed by atoms with Gasteiger partial charge in [-0.1, -0.05) is 29.8 Å². The van der Waals surface area contributed by atoms with Crippen molar-refractivity contribution in [3.05, 3.63) is 81.4 Å². The molecular weight excluding hydrogens is 440 g/mol. The molecule has 2 fully saturated rings. The van der Waals surface area contributed by atoms with Gasteiger partial charge in [-0.05, 0) is 43.4 Å². The highest BCUT2D eigenvalue weighted by molar-refractivity contribution is 6.23. The lowest BCUT2D eigenvalue weighted by atomic mass is 9.82. The molecule has 2 aromatic rings. The van der Waals surface area contributed by atoms with Gasteiger partial charge < -0.3 is 4.74 Å². The van der Waals surface area contributed by atoms with Crippen molar-refractivity contribution in [3.63, 3.8) is 0 Å².